The summed E-state index contributed by atoms with van der Waals surface area (Å²) in [6.07, 6.45) is 0. The van der Waals surface area contributed by atoms with Crippen molar-refractivity contribution in [3.63, 3.8) is 0 Å². The number of fused-ring (bicyclic) bond motifs is 1. The molecule has 0 bridgehead atoms. The van der Waals surface area contributed by atoms with Gasteiger partial charge in [-0.15, -0.1) is 0 Å². The van der Waals surface area contributed by atoms with Gasteiger partial charge in [-0.05, 0) is 26.0 Å². The van der Waals surface area contributed by atoms with E-state index < -0.39 is 0 Å². The van der Waals surface area contributed by atoms with Crippen molar-refractivity contribution < 1.29 is 8.81 Å². The highest BCUT2D eigenvalue weighted by molar-refractivity contribution is 5.82. The van der Waals surface area contributed by atoms with E-state index in [1.165, 1.54) is 6.07 Å². The minimum absolute atomic E-state index is 0.207. The number of halogens is 1. The van der Waals surface area contributed by atoms with Gasteiger partial charge in [-0.25, -0.2) is 4.39 Å². The van der Waals surface area contributed by atoms with Crippen LogP contribution in [0.3, 0.4) is 0 Å². The molecule has 2 aromatic rings. The highest BCUT2D eigenvalue weighted by atomic mass is 19.1. The highest BCUT2D eigenvalue weighted by Crippen LogP contribution is 2.26. The molecule has 1 nitrogen and oxygen atoms in total. The lowest BCUT2D eigenvalue weighted by atomic mass is 10.1. The van der Waals surface area contributed by atoms with Crippen molar-refractivity contribution in [2.45, 2.75) is 13.8 Å². The van der Waals surface area contributed by atoms with Crippen LogP contribution in [0.15, 0.2) is 22.6 Å². The average molecular weight is 164 g/mol. The molecule has 12 heavy (non-hydrogen) atoms. The van der Waals surface area contributed by atoms with Gasteiger partial charge in [0.05, 0.1) is 5.39 Å². The summed E-state index contributed by atoms with van der Waals surface area (Å²) in [7, 11) is 0. The Kier molecular flexibility index (Phi) is 1.43. The number of benzene rings is 1. The maximum Gasteiger partial charge on any atom is 0.137 e. The molecule has 0 aliphatic rings. The topological polar surface area (TPSA) is 13.1 Å². The Bertz CT molecular complexity index is 429. The zero-order chi connectivity index (χ0) is 8.72. The molecule has 0 amide bonds. The van der Waals surface area contributed by atoms with Crippen LogP contribution >= 0.6 is 0 Å². The van der Waals surface area contributed by atoms with E-state index in [4.69, 9.17) is 4.42 Å². The Labute approximate surface area is 69.8 Å². The fourth-order valence-corrected chi connectivity index (χ4v) is 1.37. The van der Waals surface area contributed by atoms with Crippen molar-refractivity contribution in [2.75, 3.05) is 0 Å². The van der Waals surface area contributed by atoms with Gasteiger partial charge in [0.1, 0.15) is 17.2 Å². The molecule has 0 fully saturated rings. The van der Waals surface area contributed by atoms with Gasteiger partial charge in [0.25, 0.3) is 0 Å². The van der Waals surface area contributed by atoms with Crippen molar-refractivity contribution in [3.05, 3.63) is 35.3 Å². The molecular formula is C10H9FO. The van der Waals surface area contributed by atoms with E-state index in [0.29, 0.717) is 11.0 Å². The van der Waals surface area contributed by atoms with Crippen molar-refractivity contribution in [1.29, 1.82) is 0 Å². The molecule has 0 N–H and O–H groups in total. The van der Waals surface area contributed by atoms with Crippen LogP contribution in [0.4, 0.5) is 4.39 Å². The third-order valence-electron chi connectivity index (χ3n) is 2.14. The SMILES string of the molecule is Cc1oc2cccc(F)c2c1C. The lowest BCUT2D eigenvalue weighted by Crippen LogP contribution is -1.76. The van der Waals surface area contributed by atoms with Crippen LogP contribution in [0.5, 0.6) is 0 Å². The molecule has 1 aromatic carbocycles. The van der Waals surface area contributed by atoms with Gasteiger partial charge in [0.2, 0.25) is 0 Å². The molecule has 0 spiro atoms. The zero-order valence-electron chi connectivity index (χ0n) is 7.02. The Balaban J connectivity index is 2.97. The van der Waals surface area contributed by atoms with Gasteiger partial charge in [0.15, 0.2) is 0 Å². The monoisotopic (exact) mass is 164 g/mol. The number of rotatable bonds is 0. The first kappa shape index (κ1) is 7.35. The lowest BCUT2D eigenvalue weighted by Gasteiger charge is -1.90. The number of furan rings is 1. The van der Waals surface area contributed by atoms with E-state index in [1.54, 1.807) is 12.1 Å². The van der Waals surface area contributed by atoms with Gasteiger partial charge in [-0.1, -0.05) is 6.07 Å². The molecule has 2 heteroatoms. The molecule has 0 aliphatic carbocycles. The molecule has 1 aromatic heterocycles. The second kappa shape index (κ2) is 2.34. The van der Waals surface area contributed by atoms with Crippen LogP contribution in [0.2, 0.25) is 0 Å². The zero-order valence-corrected chi connectivity index (χ0v) is 7.02. The summed E-state index contributed by atoms with van der Waals surface area (Å²) in [4.78, 5) is 0. The molecule has 0 saturated heterocycles. The summed E-state index contributed by atoms with van der Waals surface area (Å²) < 4.78 is 18.5. The number of aryl methyl sites for hydroxylation is 2. The predicted molar refractivity (Wildman–Crippen MR) is 45.6 cm³/mol. The molecule has 0 aliphatic heterocycles. The van der Waals surface area contributed by atoms with Gasteiger partial charge in [0, 0.05) is 5.56 Å². The van der Waals surface area contributed by atoms with Crippen LogP contribution in [-0.4, -0.2) is 0 Å². The molecule has 1 heterocycles. The summed E-state index contributed by atoms with van der Waals surface area (Å²) in [6, 6.07) is 4.88. The van der Waals surface area contributed by atoms with E-state index >= 15 is 0 Å². The summed E-state index contributed by atoms with van der Waals surface area (Å²) in [6.45, 7) is 3.71. The van der Waals surface area contributed by atoms with Crippen molar-refractivity contribution >= 4 is 11.0 Å². The lowest BCUT2D eigenvalue weighted by molar-refractivity contribution is 0.574. The first-order valence-electron chi connectivity index (χ1n) is 3.84. The fourth-order valence-electron chi connectivity index (χ4n) is 1.37. The molecule has 0 atom stereocenters. The largest absolute Gasteiger partial charge is 0.461 e. The van der Waals surface area contributed by atoms with Crippen LogP contribution < -0.4 is 0 Å². The minimum atomic E-state index is -0.207. The summed E-state index contributed by atoms with van der Waals surface area (Å²) in [5.74, 6) is 0.581. The van der Waals surface area contributed by atoms with E-state index in [9.17, 15) is 4.39 Å². The maximum atomic E-state index is 13.2. The molecular weight excluding hydrogens is 155 g/mol. The highest BCUT2D eigenvalue weighted by Gasteiger charge is 2.09. The normalized spacial score (nSPS) is 10.9. The summed E-state index contributed by atoms with van der Waals surface area (Å²) in [5.41, 5.74) is 1.52. The van der Waals surface area contributed by atoms with Crippen molar-refractivity contribution in [2.24, 2.45) is 0 Å². The van der Waals surface area contributed by atoms with Gasteiger partial charge >= 0.3 is 0 Å². The van der Waals surface area contributed by atoms with Crippen LogP contribution in [0.1, 0.15) is 11.3 Å². The minimum Gasteiger partial charge on any atom is -0.461 e. The maximum absolute atomic E-state index is 13.2. The van der Waals surface area contributed by atoms with Gasteiger partial charge in [-0.3, -0.25) is 0 Å². The van der Waals surface area contributed by atoms with Crippen LogP contribution in [0.25, 0.3) is 11.0 Å². The fraction of sp³-hybridized carbons (Fsp3) is 0.200. The van der Waals surface area contributed by atoms with Gasteiger partial charge < -0.3 is 4.42 Å². The van der Waals surface area contributed by atoms with E-state index in [0.717, 1.165) is 11.3 Å². The number of hydrogen-bond donors (Lipinski definition) is 0. The van der Waals surface area contributed by atoms with E-state index in [-0.39, 0.29) is 5.82 Å². The molecule has 0 saturated carbocycles. The Morgan fingerprint density at radius 1 is 1.25 bits per heavy atom. The number of hydrogen-bond acceptors (Lipinski definition) is 1. The Hall–Kier alpha value is -1.31. The molecule has 2 rings (SSSR count). The quantitative estimate of drug-likeness (QED) is 0.582. The van der Waals surface area contributed by atoms with Crippen LogP contribution in [-0.2, 0) is 0 Å². The third kappa shape index (κ3) is 0.843. The standard InChI is InChI=1S/C10H9FO/c1-6-7(2)12-9-5-3-4-8(11)10(6)9/h3-5H,1-2H3. The summed E-state index contributed by atoms with van der Waals surface area (Å²) >= 11 is 0. The first-order valence-corrected chi connectivity index (χ1v) is 3.84. The van der Waals surface area contributed by atoms with Gasteiger partial charge in [-0.2, -0.15) is 0 Å². The molecule has 0 radical (unpaired) electrons. The second-order valence-corrected chi connectivity index (χ2v) is 2.90. The van der Waals surface area contributed by atoms with E-state index in [2.05, 4.69) is 0 Å². The Morgan fingerprint density at radius 3 is 2.67 bits per heavy atom. The summed E-state index contributed by atoms with van der Waals surface area (Å²) in [5, 5.41) is 0.606. The predicted octanol–water partition coefficient (Wildman–Crippen LogP) is 3.19. The van der Waals surface area contributed by atoms with Crippen LogP contribution in [0, 0.1) is 19.7 Å². The molecule has 62 valence electrons. The van der Waals surface area contributed by atoms with Crippen molar-refractivity contribution in [3.8, 4) is 0 Å². The second-order valence-electron chi connectivity index (χ2n) is 2.90. The van der Waals surface area contributed by atoms with E-state index in [1.807, 2.05) is 13.8 Å². The van der Waals surface area contributed by atoms with Crippen molar-refractivity contribution in [1.82, 2.24) is 0 Å². The Morgan fingerprint density at radius 2 is 2.00 bits per heavy atom. The average Bonchev–Trinajstić information content (AvgIpc) is 2.29. The molecule has 0 unspecified atom stereocenters. The first-order chi connectivity index (χ1) is 5.70. The smallest absolute Gasteiger partial charge is 0.137 e. The third-order valence-corrected chi connectivity index (χ3v) is 2.14.